The molecule has 0 aromatic heterocycles. The van der Waals surface area contributed by atoms with Gasteiger partial charge in [0, 0.05) is 16.8 Å². The van der Waals surface area contributed by atoms with Gasteiger partial charge in [-0.15, -0.1) is 0 Å². The van der Waals surface area contributed by atoms with Crippen molar-refractivity contribution in [3.8, 4) is 5.75 Å². The van der Waals surface area contributed by atoms with E-state index in [2.05, 4.69) is 15.9 Å². The molecule has 5 heteroatoms. The summed E-state index contributed by atoms with van der Waals surface area (Å²) in [6.07, 6.45) is 0. The van der Waals surface area contributed by atoms with Gasteiger partial charge in [0.1, 0.15) is 11.6 Å². The maximum absolute atomic E-state index is 13.2. The van der Waals surface area contributed by atoms with Crippen LogP contribution >= 0.6 is 15.9 Å². The summed E-state index contributed by atoms with van der Waals surface area (Å²) < 4.78 is 19.3. The van der Waals surface area contributed by atoms with Gasteiger partial charge in [0.05, 0.1) is 11.1 Å². The Balaban J connectivity index is 2.38. The van der Waals surface area contributed by atoms with Crippen LogP contribution in [0.2, 0.25) is 0 Å². The minimum atomic E-state index is -0.493. The number of rotatable bonds is 4. The lowest BCUT2D eigenvalue weighted by molar-refractivity contribution is 0.103. The third-order valence-corrected chi connectivity index (χ3v) is 3.37. The molecule has 2 N–H and O–H groups in total. The molecule has 0 radical (unpaired) electrons. The molecule has 2 rings (SSSR count). The first-order valence-corrected chi connectivity index (χ1v) is 6.84. The summed E-state index contributed by atoms with van der Waals surface area (Å²) in [4.78, 5) is 12.3. The van der Waals surface area contributed by atoms with Crippen LogP contribution in [0.25, 0.3) is 0 Å². The van der Waals surface area contributed by atoms with E-state index in [1.54, 1.807) is 18.2 Å². The van der Waals surface area contributed by atoms with Crippen LogP contribution in [-0.2, 0) is 0 Å². The zero-order valence-electron chi connectivity index (χ0n) is 10.8. The van der Waals surface area contributed by atoms with Gasteiger partial charge in [-0.25, -0.2) is 4.39 Å². The number of ether oxygens (including phenoxy) is 1. The van der Waals surface area contributed by atoms with Gasteiger partial charge in [0.2, 0.25) is 0 Å². The van der Waals surface area contributed by atoms with Gasteiger partial charge in [0.25, 0.3) is 0 Å². The van der Waals surface area contributed by atoms with Crippen LogP contribution in [0.5, 0.6) is 5.75 Å². The van der Waals surface area contributed by atoms with Crippen LogP contribution in [-0.4, -0.2) is 12.4 Å². The Morgan fingerprint density at radius 1 is 1.30 bits per heavy atom. The number of nitrogen functional groups attached to an aromatic ring is 1. The maximum Gasteiger partial charge on any atom is 0.195 e. The van der Waals surface area contributed by atoms with E-state index in [0.717, 1.165) is 6.07 Å². The highest BCUT2D eigenvalue weighted by Gasteiger charge is 2.15. The topological polar surface area (TPSA) is 52.3 Å². The maximum atomic E-state index is 13.2. The highest BCUT2D eigenvalue weighted by Crippen LogP contribution is 2.28. The molecule has 0 spiro atoms. The Labute approximate surface area is 124 Å². The Morgan fingerprint density at radius 3 is 2.70 bits per heavy atom. The Kier molecular flexibility index (Phi) is 4.39. The van der Waals surface area contributed by atoms with Crippen LogP contribution < -0.4 is 10.5 Å². The van der Waals surface area contributed by atoms with Crippen molar-refractivity contribution in [1.82, 2.24) is 0 Å². The molecule has 104 valence electrons. The van der Waals surface area contributed by atoms with Crippen LogP contribution in [0.3, 0.4) is 0 Å². The summed E-state index contributed by atoms with van der Waals surface area (Å²) in [5, 5.41) is 0. The molecule has 0 atom stereocenters. The summed E-state index contributed by atoms with van der Waals surface area (Å²) >= 11 is 3.34. The van der Waals surface area contributed by atoms with Gasteiger partial charge in [-0.3, -0.25) is 4.79 Å². The van der Waals surface area contributed by atoms with E-state index in [4.69, 9.17) is 10.5 Å². The lowest BCUT2D eigenvalue weighted by Gasteiger charge is -2.09. The van der Waals surface area contributed by atoms with E-state index in [1.165, 1.54) is 12.1 Å². The van der Waals surface area contributed by atoms with E-state index in [0.29, 0.717) is 22.4 Å². The Bertz CT molecular complexity index is 658. The van der Waals surface area contributed by atoms with Crippen LogP contribution in [0.1, 0.15) is 22.8 Å². The molecule has 0 bridgehead atoms. The smallest absolute Gasteiger partial charge is 0.195 e. The molecule has 0 amide bonds. The third-order valence-electron chi connectivity index (χ3n) is 2.75. The fourth-order valence-corrected chi connectivity index (χ4v) is 2.29. The van der Waals surface area contributed by atoms with Gasteiger partial charge < -0.3 is 10.5 Å². The van der Waals surface area contributed by atoms with E-state index in [1.807, 2.05) is 6.92 Å². The summed E-state index contributed by atoms with van der Waals surface area (Å²) in [6.45, 7) is 2.40. The molecule has 0 aliphatic carbocycles. The summed E-state index contributed by atoms with van der Waals surface area (Å²) in [5.74, 6) is -0.172. The van der Waals surface area contributed by atoms with Crippen LogP contribution in [0, 0.1) is 5.82 Å². The monoisotopic (exact) mass is 337 g/mol. The van der Waals surface area contributed by atoms with Crippen molar-refractivity contribution in [1.29, 1.82) is 0 Å². The first kappa shape index (κ1) is 14.5. The number of hydrogen-bond donors (Lipinski definition) is 1. The van der Waals surface area contributed by atoms with Crippen LogP contribution in [0.15, 0.2) is 40.9 Å². The molecule has 0 aliphatic rings. The van der Waals surface area contributed by atoms with Gasteiger partial charge in [-0.1, -0.05) is 0 Å². The number of anilines is 1. The quantitative estimate of drug-likeness (QED) is 0.681. The molecule has 0 aliphatic heterocycles. The SMILES string of the molecule is CCOc1ccc(C(=O)c2cc(F)ccc2N)cc1Br. The Hall–Kier alpha value is -1.88. The van der Waals surface area contributed by atoms with Crippen molar-refractivity contribution in [2.75, 3.05) is 12.3 Å². The summed E-state index contributed by atoms with van der Waals surface area (Å²) in [5.41, 5.74) is 6.54. The number of ketones is 1. The number of halogens is 2. The summed E-state index contributed by atoms with van der Waals surface area (Å²) in [7, 11) is 0. The number of benzene rings is 2. The molecule has 2 aromatic carbocycles. The number of carbonyl (C=O) groups is 1. The van der Waals surface area contributed by atoms with Crippen molar-refractivity contribution in [3.05, 3.63) is 57.8 Å². The van der Waals surface area contributed by atoms with Crippen molar-refractivity contribution in [2.24, 2.45) is 0 Å². The molecule has 2 aromatic rings. The van der Waals surface area contributed by atoms with E-state index >= 15 is 0 Å². The van der Waals surface area contributed by atoms with Gasteiger partial charge in [-0.2, -0.15) is 0 Å². The Morgan fingerprint density at radius 2 is 2.05 bits per heavy atom. The molecule has 0 fully saturated rings. The van der Waals surface area contributed by atoms with E-state index in [-0.39, 0.29) is 17.0 Å². The number of carbonyl (C=O) groups excluding carboxylic acids is 1. The molecular weight excluding hydrogens is 325 g/mol. The van der Waals surface area contributed by atoms with E-state index < -0.39 is 5.82 Å². The van der Waals surface area contributed by atoms with Gasteiger partial charge >= 0.3 is 0 Å². The first-order valence-electron chi connectivity index (χ1n) is 6.05. The second-order valence-corrected chi connectivity index (χ2v) is 4.99. The minimum Gasteiger partial charge on any atom is -0.493 e. The van der Waals surface area contributed by atoms with Crippen LogP contribution in [0.4, 0.5) is 10.1 Å². The second kappa shape index (κ2) is 6.05. The van der Waals surface area contributed by atoms with Gasteiger partial charge in [0.15, 0.2) is 5.78 Å². The standard InChI is InChI=1S/C15H13BrFNO2/c1-2-20-14-6-3-9(7-12(14)16)15(19)11-8-10(17)4-5-13(11)18/h3-8H,2,18H2,1H3. The molecule has 20 heavy (non-hydrogen) atoms. The predicted molar refractivity (Wildman–Crippen MR) is 79.6 cm³/mol. The number of hydrogen-bond acceptors (Lipinski definition) is 3. The fourth-order valence-electron chi connectivity index (χ4n) is 1.80. The van der Waals surface area contributed by atoms with E-state index in [9.17, 15) is 9.18 Å². The summed E-state index contributed by atoms with van der Waals surface area (Å²) in [6, 6.07) is 8.70. The first-order chi connectivity index (χ1) is 9.52. The second-order valence-electron chi connectivity index (χ2n) is 4.14. The molecule has 3 nitrogen and oxygen atoms in total. The highest BCUT2D eigenvalue weighted by atomic mass is 79.9. The molecule has 0 unspecified atom stereocenters. The lowest BCUT2D eigenvalue weighted by Crippen LogP contribution is -2.06. The average molecular weight is 338 g/mol. The minimum absolute atomic E-state index is 0.154. The molecular formula is C15H13BrFNO2. The highest BCUT2D eigenvalue weighted by molar-refractivity contribution is 9.10. The molecule has 0 saturated heterocycles. The average Bonchev–Trinajstić information content (AvgIpc) is 2.43. The largest absolute Gasteiger partial charge is 0.493 e. The fraction of sp³-hybridized carbons (Fsp3) is 0.133. The van der Waals surface area contributed by atoms with Gasteiger partial charge in [-0.05, 0) is 59.3 Å². The lowest BCUT2D eigenvalue weighted by atomic mass is 10.0. The van der Waals surface area contributed by atoms with Crippen molar-refractivity contribution in [3.63, 3.8) is 0 Å². The zero-order valence-corrected chi connectivity index (χ0v) is 12.4. The van der Waals surface area contributed by atoms with Crippen molar-refractivity contribution < 1.29 is 13.9 Å². The number of nitrogens with two attached hydrogens (primary N) is 1. The third kappa shape index (κ3) is 2.99. The molecule has 0 saturated carbocycles. The molecule has 0 heterocycles. The van der Waals surface area contributed by atoms with Crippen molar-refractivity contribution in [2.45, 2.75) is 6.92 Å². The van der Waals surface area contributed by atoms with Crippen molar-refractivity contribution >= 4 is 27.4 Å². The normalized spacial score (nSPS) is 10.3. The predicted octanol–water partition coefficient (Wildman–Crippen LogP) is 3.80. The zero-order chi connectivity index (χ0) is 14.7.